The van der Waals surface area contributed by atoms with Gasteiger partial charge in [0.25, 0.3) is 0 Å². The van der Waals surface area contributed by atoms with Crippen LogP contribution in [0.5, 0.6) is 11.5 Å². The predicted molar refractivity (Wildman–Crippen MR) is 87.2 cm³/mol. The van der Waals surface area contributed by atoms with E-state index in [1.807, 2.05) is 19.9 Å². The molecule has 0 fully saturated rings. The monoisotopic (exact) mass is 334 g/mol. The summed E-state index contributed by atoms with van der Waals surface area (Å²) in [5, 5.41) is 0. The Hall–Kier alpha value is -2.43. The number of aryl methyl sites for hydroxylation is 2. The third kappa shape index (κ3) is 4.10. The van der Waals surface area contributed by atoms with E-state index in [2.05, 4.69) is 0 Å². The molecule has 0 aliphatic carbocycles. The van der Waals surface area contributed by atoms with Gasteiger partial charge in [0, 0.05) is 18.1 Å². The summed E-state index contributed by atoms with van der Waals surface area (Å²) in [6.45, 7) is 5.51. The summed E-state index contributed by atoms with van der Waals surface area (Å²) in [7, 11) is 0. The van der Waals surface area contributed by atoms with Gasteiger partial charge in [0.15, 0.2) is 11.6 Å². The number of hydrogen-bond acceptors (Lipinski definition) is 3. The van der Waals surface area contributed by atoms with Crippen molar-refractivity contribution in [1.82, 2.24) is 0 Å². The lowest BCUT2D eigenvalue weighted by molar-refractivity contribution is -0.134. The van der Waals surface area contributed by atoms with Crippen LogP contribution in [0.3, 0.4) is 0 Å². The van der Waals surface area contributed by atoms with Crippen LogP contribution in [-0.4, -0.2) is 5.97 Å². The van der Waals surface area contributed by atoms with Gasteiger partial charge in [-0.3, -0.25) is 4.79 Å². The molecule has 5 heteroatoms. The Labute approximate surface area is 140 Å². The lowest BCUT2D eigenvalue weighted by Gasteiger charge is -2.15. The standard InChI is InChI=1S/C19H20F2O3/c1-4-13-9-15(20)16(21)10-18(13)23-11-14-12(3)7-6-8-17(14)24-19(22)5-2/h6-10H,4-5,11H2,1-3H3. The lowest BCUT2D eigenvalue weighted by Crippen LogP contribution is -2.10. The van der Waals surface area contributed by atoms with Gasteiger partial charge in [-0.15, -0.1) is 0 Å². The first-order valence-corrected chi connectivity index (χ1v) is 7.86. The van der Waals surface area contributed by atoms with E-state index in [-0.39, 0.29) is 24.7 Å². The maximum Gasteiger partial charge on any atom is 0.310 e. The van der Waals surface area contributed by atoms with Crippen LogP contribution >= 0.6 is 0 Å². The van der Waals surface area contributed by atoms with Crippen molar-refractivity contribution in [2.75, 3.05) is 0 Å². The van der Waals surface area contributed by atoms with Crippen molar-refractivity contribution in [3.8, 4) is 11.5 Å². The van der Waals surface area contributed by atoms with Gasteiger partial charge < -0.3 is 9.47 Å². The minimum Gasteiger partial charge on any atom is -0.488 e. The van der Waals surface area contributed by atoms with E-state index in [4.69, 9.17) is 9.47 Å². The van der Waals surface area contributed by atoms with E-state index in [9.17, 15) is 13.6 Å². The molecule has 0 amide bonds. The smallest absolute Gasteiger partial charge is 0.310 e. The molecule has 24 heavy (non-hydrogen) atoms. The summed E-state index contributed by atoms with van der Waals surface area (Å²) in [6.07, 6.45) is 0.773. The molecule has 2 aromatic carbocycles. The van der Waals surface area contributed by atoms with E-state index >= 15 is 0 Å². The van der Waals surface area contributed by atoms with Gasteiger partial charge in [0.05, 0.1) is 0 Å². The first kappa shape index (κ1) is 17.9. The molecule has 0 bridgehead atoms. The van der Waals surface area contributed by atoms with Crippen LogP contribution in [0, 0.1) is 18.6 Å². The maximum absolute atomic E-state index is 13.5. The minimum absolute atomic E-state index is 0.0943. The van der Waals surface area contributed by atoms with E-state index < -0.39 is 11.6 Å². The molecular formula is C19H20F2O3. The van der Waals surface area contributed by atoms with Crippen LogP contribution in [-0.2, 0) is 17.8 Å². The van der Waals surface area contributed by atoms with Crippen molar-refractivity contribution in [2.45, 2.75) is 40.2 Å². The quantitative estimate of drug-likeness (QED) is 0.566. The minimum atomic E-state index is -0.954. The van der Waals surface area contributed by atoms with Crippen molar-refractivity contribution >= 4 is 5.97 Å². The highest BCUT2D eigenvalue weighted by atomic mass is 19.2. The van der Waals surface area contributed by atoms with E-state index in [0.717, 1.165) is 17.7 Å². The number of rotatable bonds is 6. The molecular weight excluding hydrogens is 314 g/mol. The molecule has 2 aromatic rings. The van der Waals surface area contributed by atoms with E-state index in [1.165, 1.54) is 0 Å². The second kappa shape index (κ2) is 7.90. The average molecular weight is 334 g/mol. The van der Waals surface area contributed by atoms with Gasteiger partial charge in [-0.05, 0) is 36.6 Å². The van der Waals surface area contributed by atoms with Crippen molar-refractivity contribution in [1.29, 1.82) is 0 Å². The van der Waals surface area contributed by atoms with Crippen molar-refractivity contribution in [3.63, 3.8) is 0 Å². The molecule has 0 heterocycles. The molecule has 0 aliphatic heterocycles. The normalized spacial score (nSPS) is 10.5. The summed E-state index contributed by atoms with van der Waals surface area (Å²) < 4.78 is 37.8. The van der Waals surface area contributed by atoms with Crippen LogP contribution in [0.25, 0.3) is 0 Å². The zero-order valence-electron chi connectivity index (χ0n) is 14.0. The fraction of sp³-hybridized carbons (Fsp3) is 0.316. The number of halogens is 2. The van der Waals surface area contributed by atoms with Crippen molar-refractivity contribution in [2.24, 2.45) is 0 Å². The fourth-order valence-electron chi connectivity index (χ4n) is 2.28. The molecule has 0 atom stereocenters. The summed E-state index contributed by atoms with van der Waals surface area (Å²) in [4.78, 5) is 11.5. The summed E-state index contributed by atoms with van der Waals surface area (Å²) >= 11 is 0. The lowest BCUT2D eigenvalue weighted by atomic mass is 10.1. The molecule has 0 aliphatic rings. The molecule has 0 N–H and O–H groups in total. The molecule has 0 spiro atoms. The third-order valence-electron chi connectivity index (χ3n) is 3.74. The van der Waals surface area contributed by atoms with Crippen LogP contribution in [0.4, 0.5) is 8.78 Å². The highest BCUT2D eigenvalue weighted by Gasteiger charge is 2.14. The Morgan fingerprint density at radius 1 is 1.08 bits per heavy atom. The van der Waals surface area contributed by atoms with Crippen molar-refractivity contribution in [3.05, 3.63) is 58.7 Å². The van der Waals surface area contributed by atoms with Crippen molar-refractivity contribution < 1.29 is 23.0 Å². The predicted octanol–water partition coefficient (Wildman–Crippen LogP) is 4.73. The number of esters is 1. The Bertz CT molecular complexity index is 742. The summed E-state index contributed by atoms with van der Waals surface area (Å²) in [5.41, 5.74) is 2.16. The molecule has 3 nitrogen and oxygen atoms in total. The second-order valence-electron chi connectivity index (χ2n) is 5.40. The van der Waals surface area contributed by atoms with Crippen LogP contribution in [0.1, 0.15) is 37.0 Å². The number of carbonyl (C=O) groups excluding carboxylic acids is 1. The van der Waals surface area contributed by atoms with E-state index in [1.54, 1.807) is 19.1 Å². The molecule has 2 rings (SSSR count). The number of benzene rings is 2. The largest absolute Gasteiger partial charge is 0.488 e. The molecule has 0 aromatic heterocycles. The highest BCUT2D eigenvalue weighted by Crippen LogP contribution is 2.27. The average Bonchev–Trinajstić information content (AvgIpc) is 2.56. The molecule has 128 valence electrons. The second-order valence-corrected chi connectivity index (χ2v) is 5.40. The Morgan fingerprint density at radius 3 is 2.46 bits per heavy atom. The topological polar surface area (TPSA) is 35.5 Å². The van der Waals surface area contributed by atoms with Gasteiger partial charge in [-0.25, -0.2) is 8.78 Å². The summed E-state index contributed by atoms with van der Waals surface area (Å²) in [6, 6.07) is 7.52. The third-order valence-corrected chi connectivity index (χ3v) is 3.74. The van der Waals surface area contributed by atoms with E-state index in [0.29, 0.717) is 23.3 Å². The Kier molecular flexibility index (Phi) is 5.90. The SMILES string of the molecule is CCC(=O)Oc1cccc(C)c1COc1cc(F)c(F)cc1CC. The fourth-order valence-corrected chi connectivity index (χ4v) is 2.28. The van der Waals surface area contributed by atoms with Gasteiger partial charge >= 0.3 is 5.97 Å². The zero-order chi connectivity index (χ0) is 17.7. The first-order valence-electron chi connectivity index (χ1n) is 7.86. The Balaban J connectivity index is 2.26. The molecule has 0 unspecified atom stereocenters. The number of ether oxygens (including phenoxy) is 2. The zero-order valence-corrected chi connectivity index (χ0v) is 14.0. The van der Waals surface area contributed by atoms with Crippen LogP contribution in [0.15, 0.2) is 30.3 Å². The highest BCUT2D eigenvalue weighted by molar-refractivity contribution is 5.72. The molecule has 0 saturated carbocycles. The Morgan fingerprint density at radius 2 is 1.79 bits per heavy atom. The van der Waals surface area contributed by atoms with Gasteiger partial charge in [0.1, 0.15) is 18.1 Å². The van der Waals surface area contributed by atoms with Gasteiger partial charge in [0.2, 0.25) is 0 Å². The molecule has 0 radical (unpaired) electrons. The van der Waals surface area contributed by atoms with Gasteiger partial charge in [-0.2, -0.15) is 0 Å². The summed E-state index contributed by atoms with van der Waals surface area (Å²) in [5.74, 6) is -1.49. The van der Waals surface area contributed by atoms with Gasteiger partial charge in [-0.1, -0.05) is 26.0 Å². The van der Waals surface area contributed by atoms with Crippen LogP contribution in [0.2, 0.25) is 0 Å². The number of carbonyl (C=O) groups is 1. The first-order chi connectivity index (χ1) is 11.5. The maximum atomic E-state index is 13.5. The van der Waals surface area contributed by atoms with Crippen LogP contribution < -0.4 is 9.47 Å². The molecule has 0 saturated heterocycles. The number of hydrogen-bond donors (Lipinski definition) is 0.